The van der Waals surface area contributed by atoms with Gasteiger partial charge in [0.25, 0.3) is 0 Å². The van der Waals surface area contributed by atoms with E-state index in [4.69, 9.17) is 4.74 Å². The first-order valence-electron chi connectivity index (χ1n) is 5.99. The SMILES string of the molecule is CCC(C)(C)C(C)(C(=O)OC(C)(C)C)C(F)(F)F. The lowest BCUT2D eigenvalue weighted by molar-refractivity contribution is -0.262. The first kappa shape index (κ1) is 17.3. The van der Waals surface area contributed by atoms with Crippen molar-refractivity contribution in [3.8, 4) is 0 Å². The number of esters is 1. The zero-order valence-corrected chi connectivity index (χ0v) is 12.2. The third-order valence-corrected chi connectivity index (χ3v) is 3.61. The van der Waals surface area contributed by atoms with Crippen molar-refractivity contribution in [1.29, 1.82) is 0 Å². The molecule has 0 radical (unpaired) electrons. The number of rotatable bonds is 3. The summed E-state index contributed by atoms with van der Waals surface area (Å²) < 4.78 is 44.9. The fraction of sp³-hybridized carbons (Fsp3) is 0.923. The topological polar surface area (TPSA) is 26.3 Å². The van der Waals surface area contributed by atoms with Crippen molar-refractivity contribution >= 4 is 5.97 Å². The van der Waals surface area contributed by atoms with Gasteiger partial charge in [-0.1, -0.05) is 20.8 Å². The Labute approximate surface area is 107 Å². The molecule has 0 aliphatic rings. The first-order chi connectivity index (χ1) is 7.69. The molecular formula is C13H23F3O2. The summed E-state index contributed by atoms with van der Waals surface area (Å²) in [6, 6.07) is 0. The number of alkyl halides is 3. The third kappa shape index (κ3) is 3.18. The van der Waals surface area contributed by atoms with E-state index in [2.05, 4.69) is 0 Å². The molecule has 1 atom stereocenters. The molecule has 0 aliphatic heterocycles. The van der Waals surface area contributed by atoms with Crippen molar-refractivity contribution in [2.75, 3.05) is 0 Å². The molecule has 0 spiro atoms. The van der Waals surface area contributed by atoms with E-state index in [0.29, 0.717) is 0 Å². The van der Waals surface area contributed by atoms with E-state index in [0.717, 1.165) is 6.92 Å². The van der Waals surface area contributed by atoms with Crippen LogP contribution < -0.4 is 0 Å². The molecule has 0 saturated heterocycles. The van der Waals surface area contributed by atoms with Crippen LogP contribution in [0.25, 0.3) is 0 Å². The first-order valence-corrected chi connectivity index (χ1v) is 5.99. The molecule has 18 heavy (non-hydrogen) atoms. The Morgan fingerprint density at radius 1 is 1.00 bits per heavy atom. The van der Waals surface area contributed by atoms with E-state index in [1.54, 1.807) is 27.7 Å². The maximum atomic E-state index is 13.3. The Balaban J connectivity index is 5.60. The van der Waals surface area contributed by atoms with Crippen molar-refractivity contribution in [3.63, 3.8) is 0 Å². The minimum Gasteiger partial charge on any atom is -0.459 e. The lowest BCUT2D eigenvalue weighted by Gasteiger charge is -2.43. The standard InChI is InChI=1S/C13H23F3O2/c1-8-11(5,6)12(7,13(14,15)16)9(17)18-10(2,3)4/h8H2,1-7H3. The number of carbonyl (C=O) groups is 1. The summed E-state index contributed by atoms with van der Waals surface area (Å²) in [5.74, 6) is -1.21. The largest absolute Gasteiger partial charge is 0.459 e. The normalized spacial score (nSPS) is 17.2. The third-order valence-electron chi connectivity index (χ3n) is 3.61. The molecule has 0 aliphatic carbocycles. The highest BCUT2D eigenvalue weighted by molar-refractivity contribution is 5.79. The van der Waals surface area contributed by atoms with Gasteiger partial charge in [-0.3, -0.25) is 4.79 Å². The zero-order chi connectivity index (χ0) is 15.0. The molecule has 2 nitrogen and oxygen atoms in total. The molecule has 0 fully saturated rings. The molecule has 0 bridgehead atoms. The van der Waals surface area contributed by atoms with Crippen LogP contribution >= 0.6 is 0 Å². The van der Waals surface area contributed by atoms with Crippen LogP contribution in [0, 0.1) is 10.8 Å². The predicted molar refractivity (Wildman–Crippen MR) is 64.1 cm³/mol. The Morgan fingerprint density at radius 2 is 1.39 bits per heavy atom. The summed E-state index contributed by atoms with van der Waals surface area (Å²) >= 11 is 0. The molecular weight excluding hydrogens is 245 g/mol. The van der Waals surface area contributed by atoms with Crippen molar-refractivity contribution in [1.82, 2.24) is 0 Å². The molecule has 108 valence electrons. The predicted octanol–water partition coefficient (Wildman–Crippen LogP) is 4.33. The van der Waals surface area contributed by atoms with Crippen LogP contribution in [0.2, 0.25) is 0 Å². The highest BCUT2D eigenvalue weighted by Gasteiger charge is 2.65. The van der Waals surface area contributed by atoms with Crippen LogP contribution in [0.1, 0.15) is 54.9 Å². The van der Waals surface area contributed by atoms with Gasteiger partial charge in [0.15, 0.2) is 5.41 Å². The molecule has 0 N–H and O–H groups in total. The Hall–Kier alpha value is -0.740. The van der Waals surface area contributed by atoms with Crippen LogP contribution in [0.15, 0.2) is 0 Å². The van der Waals surface area contributed by atoms with Gasteiger partial charge in [0.05, 0.1) is 0 Å². The number of carbonyl (C=O) groups excluding carboxylic acids is 1. The molecule has 0 aromatic heterocycles. The van der Waals surface area contributed by atoms with Crippen LogP contribution in [0.5, 0.6) is 0 Å². The molecule has 0 aromatic carbocycles. The van der Waals surface area contributed by atoms with Crippen molar-refractivity contribution < 1.29 is 22.7 Å². The Morgan fingerprint density at radius 3 is 1.61 bits per heavy atom. The van der Waals surface area contributed by atoms with Gasteiger partial charge < -0.3 is 4.74 Å². The summed E-state index contributed by atoms with van der Waals surface area (Å²) in [6.45, 7) is 10.1. The van der Waals surface area contributed by atoms with Crippen molar-refractivity contribution in [2.45, 2.75) is 66.7 Å². The van der Waals surface area contributed by atoms with Crippen molar-refractivity contribution in [2.24, 2.45) is 10.8 Å². The van der Waals surface area contributed by atoms with Crippen molar-refractivity contribution in [3.05, 3.63) is 0 Å². The second-order valence-corrected chi connectivity index (χ2v) is 6.36. The van der Waals surface area contributed by atoms with Crippen LogP contribution in [0.3, 0.4) is 0 Å². The van der Waals surface area contributed by atoms with E-state index in [9.17, 15) is 18.0 Å². The van der Waals surface area contributed by atoms with Crippen LogP contribution in [0.4, 0.5) is 13.2 Å². The lowest BCUT2D eigenvalue weighted by atomic mass is 9.64. The van der Waals surface area contributed by atoms with Gasteiger partial charge in [0.1, 0.15) is 5.60 Å². The molecule has 5 heteroatoms. The zero-order valence-electron chi connectivity index (χ0n) is 12.2. The van der Waals surface area contributed by atoms with Crippen LogP contribution in [-0.4, -0.2) is 17.7 Å². The van der Waals surface area contributed by atoms with E-state index < -0.39 is 28.6 Å². The molecule has 0 amide bonds. The number of halogens is 3. The fourth-order valence-corrected chi connectivity index (χ4v) is 1.51. The number of ether oxygens (including phenoxy) is 1. The average Bonchev–Trinajstić information content (AvgIpc) is 2.11. The number of hydrogen-bond donors (Lipinski definition) is 0. The van der Waals surface area contributed by atoms with Crippen LogP contribution in [-0.2, 0) is 9.53 Å². The van der Waals surface area contributed by atoms with Gasteiger partial charge in [-0.2, -0.15) is 13.2 Å². The minimum absolute atomic E-state index is 0.224. The minimum atomic E-state index is -4.64. The van der Waals surface area contributed by atoms with E-state index >= 15 is 0 Å². The highest BCUT2D eigenvalue weighted by atomic mass is 19.4. The Bertz CT molecular complexity index is 313. The quantitative estimate of drug-likeness (QED) is 0.712. The molecule has 0 aromatic rings. The van der Waals surface area contributed by atoms with Gasteiger partial charge in [0, 0.05) is 0 Å². The fourth-order valence-electron chi connectivity index (χ4n) is 1.51. The summed E-state index contributed by atoms with van der Waals surface area (Å²) in [5, 5.41) is 0. The molecule has 0 heterocycles. The lowest BCUT2D eigenvalue weighted by Crippen LogP contribution is -2.54. The highest BCUT2D eigenvalue weighted by Crippen LogP contribution is 2.53. The summed E-state index contributed by atoms with van der Waals surface area (Å²) in [4.78, 5) is 12.0. The summed E-state index contributed by atoms with van der Waals surface area (Å²) in [6.07, 6.45) is -4.42. The van der Waals surface area contributed by atoms with Gasteiger partial charge in [-0.05, 0) is 39.5 Å². The molecule has 0 saturated carbocycles. The maximum Gasteiger partial charge on any atom is 0.405 e. The van der Waals surface area contributed by atoms with E-state index in [1.807, 2.05) is 0 Å². The molecule has 1 unspecified atom stereocenters. The van der Waals surface area contributed by atoms with Gasteiger partial charge in [-0.15, -0.1) is 0 Å². The monoisotopic (exact) mass is 268 g/mol. The smallest absolute Gasteiger partial charge is 0.405 e. The van der Waals surface area contributed by atoms with E-state index in [1.165, 1.54) is 13.8 Å². The summed E-state index contributed by atoms with van der Waals surface area (Å²) in [5.41, 5.74) is -4.68. The van der Waals surface area contributed by atoms with E-state index in [-0.39, 0.29) is 6.42 Å². The molecule has 0 rings (SSSR count). The van der Waals surface area contributed by atoms with Gasteiger partial charge in [-0.25, -0.2) is 0 Å². The van der Waals surface area contributed by atoms with Gasteiger partial charge in [0.2, 0.25) is 0 Å². The second kappa shape index (κ2) is 4.74. The maximum absolute atomic E-state index is 13.3. The number of hydrogen-bond acceptors (Lipinski definition) is 2. The average molecular weight is 268 g/mol. The summed E-state index contributed by atoms with van der Waals surface area (Å²) in [7, 11) is 0. The van der Waals surface area contributed by atoms with Gasteiger partial charge >= 0.3 is 12.1 Å². The second-order valence-electron chi connectivity index (χ2n) is 6.36. The Kier molecular flexibility index (Phi) is 4.55.